The van der Waals surface area contributed by atoms with Crippen molar-refractivity contribution in [3.63, 3.8) is 0 Å². The zero-order valence-electron chi connectivity index (χ0n) is 9.55. The number of carbonyl (C=O) groups excluding carboxylic acids is 1. The number of benzene rings is 1. The molecule has 1 aromatic heterocycles. The smallest absolute Gasteiger partial charge is 0.258 e. The highest BCUT2D eigenvalue weighted by molar-refractivity contribution is 9.10. The van der Waals surface area contributed by atoms with Crippen molar-refractivity contribution in [1.29, 1.82) is 0 Å². The average Bonchev–Trinajstić information content (AvgIpc) is 2.39. The standard InChI is InChI=1S/C12H10BrN3O2/c1-18-8-2-3-9(10(13)6-8)12(17)16-11-7-14-4-5-15-11/h2-7H,1H3,(H,15,16,17). The molecule has 2 rings (SSSR count). The van der Waals surface area contributed by atoms with Crippen LogP contribution < -0.4 is 10.1 Å². The van der Waals surface area contributed by atoms with Crippen molar-refractivity contribution in [2.45, 2.75) is 0 Å². The minimum atomic E-state index is -0.259. The van der Waals surface area contributed by atoms with E-state index in [4.69, 9.17) is 4.74 Å². The molecule has 5 nitrogen and oxygen atoms in total. The Balaban J connectivity index is 2.19. The average molecular weight is 308 g/mol. The van der Waals surface area contributed by atoms with Gasteiger partial charge in [-0.3, -0.25) is 9.78 Å². The van der Waals surface area contributed by atoms with Gasteiger partial charge in [0.2, 0.25) is 0 Å². The molecular weight excluding hydrogens is 298 g/mol. The minimum absolute atomic E-state index is 0.259. The highest BCUT2D eigenvalue weighted by Crippen LogP contribution is 2.23. The molecule has 0 saturated carbocycles. The monoisotopic (exact) mass is 307 g/mol. The number of ether oxygens (including phenoxy) is 1. The maximum Gasteiger partial charge on any atom is 0.258 e. The van der Waals surface area contributed by atoms with Gasteiger partial charge in [-0.25, -0.2) is 4.98 Å². The van der Waals surface area contributed by atoms with Gasteiger partial charge in [-0.15, -0.1) is 0 Å². The number of nitrogens with one attached hydrogen (secondary N) is 1. The van der Waals surface area contributed by atoms with E-state index in [1.807, 2.05) is 0 Å². The van der Waals surface area contributed by atoms with Gasteiger partial charge in [0.25, 0.3) is 5.91 Å². The van der Waals surface area contributed by atoms with Crippen molar-refractivity contribution < 1.29 is 9.53 Å². The molecule has 92 valence electrons. The van der Waals surface area contributed by atoms with Gasteiger partial charge in [-0.05, 0) is 34.1 Å². The Labute approximate surface area is 112 Å². The number of rotatable bonds is 3. The Morgan fingerprint density at radius 2 is 2.22 bits per heavy atom. The van der Waals surface area contributed by atoms with E-state index in [1.165, 1.54) is 12.4 Å². The number of anilines is 1. The fraction of sp³-hybridized carbons (Fsp3) is 0.0833. The zero-order chi connectivity index (χ0) is 13.0. The van der Waals surface area contributed by atoms with Crippen molar-refractivity contribution in [3.8, 4) is 5.75 Å². The van der Waals surface area contributed by atoms with Crippen LogP contribution in [-0.2, 0) is 0 Å². The SMILES string of the molecule is COc1ccc(C(=O)Nc2cnccn2)c(Br)c1. The maximum absolute atomic E-state index is 12.0. The fourth-order valence-corrected chi connectivity index (χ4v) is 1.89. The van der Waals surface area contributed by atoms with Crippen LogP contribution in [0.5, 0.6) is 5.75 Å². The molecule has 0 unspecified atom stereocenters. The van der Waals surface area contributed by atoms with E-state index in [1.54, 1.807) is 31.5 Å². The predicted octanol–water partition coefficient (Wildman–Crippen LogP) is 2.50. The van der Waals surface area contributed by atoms with Crippen molar-refractivity contribution in [2.75, 3.05) is 12.4 Å². The van der Waals surface area contributed by atoms with Gasteiger partial charge in [-0.2, -0.15) is 0 Å². The van der Waals surface area contributed by atoms with Gasteiger partial charge in [-0.1, -0.05) is 0 Å². The van der Waals surface area contributed by atoms with Crippen molar-refractivity contribution in [1.82, 2.24) is 9.97 Å². The molecule has 18 heavy (non-hydrogen) atoms. The van der Waals surface area contributed by atoms with Gasteiger partial charge in [0.05, 0.1) is 18.9 Å². The Morgan fingerprint density at radius 1 is 1.39 bits per heavy atom. The first-order valence-electron chi connectivity index (χ1n) is 5.11. The largest absolute Gasteiger partial charge is 0.497 e. The maximum atomic E-state index is 12.0. The molecule has 0 spiro atoms. The summed E-state index contributed by atoms with van der Waals surface area (Å²) in [5, 5.41) is 2.65. The minimum Gasteiger partial charge on any atom is -0.497 e. The molecule has 2 aromatic rings. The van der Waals surface area contributed by atoms with Gasteiger partial charge >= 0.3 is 0 Å². The zero-order valence-corrected chi connectivity index (χ0v) is 11.1. The Hall–Kier alpha value is -1.95. The summed E-state index contributed by atoms with van der Waals surface area (Å²) in [7, 11) is 1.57. The van der Waals surface area contributed by atoms with E-state index in [9.17, 15) is 4.79 Å². The van der Waals surface area contributed by atoms with Crippen LogP contribution in [0, 0.1) is 0 Å². The first-order valence-corrected chi connectivity index (χ1v) is 5.91. The fourth-order valence-electron chi connectivity index (χ4n) is 1.35. The Bertz CT molecular complexity index is 561. The molecule has 0 radical (unpaired) electrons. The van der Waals surface area contributed by atoms with Crippen LogP contribution >= 0.6 is 15.9 Å². The van der Waals surface area contributed by atoms with Crippen LogP contribution in [0.1, 0.15) is 10.4 Å². The molecule has 0 aliphatic carbocycles. The van der Waals surface area contributed by atoms with Crippen molar-refractivity contribution >= 4 is 27.7 Å². The predicted molar refractivity (Wildman–Crippen MR) is 70.7 cm³/mol. The lowest BCUT2D eigenvalue weighted by molar-refractivity contribution is 0.102. The number of methoxy groups -OCH3 is 1. The molecule has 6 heteroatoms. The summed E-state index contributed by atoms with van der Waals surface area (Å²) < 4.78 is 5.72. The molecule has 1 aromatic carbocycles. The highest BCUT2D eigenvalue weighted by Gasteiger charge is 2.11. The molecule has 0 aliphatic rings. The highest BCUT2D eigenvalue weighted by atomic mass is 79.9. The summed E-state index contributed by atoms with van der Waals surface area (Å²) in [6, 6.07) is 5.12. The number of amides is 1. The van der Waals surface area contributed by atoms with Gasteiger partial charge in [0.1, 0.15) is 5.75 Å². The quantitative estimate of drug-likeness (QED) is 0.946. The van der Waals surface area contributed by atoms with E-state index in [-0.39, 0.29) is 5.91 Å². The molecule has 0 bridgehead atoms. The summed E-state index contributed by atoms with van der Waals surface area (Å²) in [5.74, 6) is 0.827. The number of hydrogen-bond donors (Lipinski definition) is 1. The number of nitrogens with zero attached hydrogens (tertiary/aromatic N) is 2. The lowest BCUT2D eigenvalue weighted by atomic mass is 10.2. The van der Waals surface area contributed by atoms with E-state index in [2.05, 4.69) is 31.2 Å². The van der Waals surface area contributed by atoms with Gasteiger partial charge in [0.15, 0.2) is 5.82 Å². The number of aromatic nitrogens is 2. The summed E-state index contributed by atoms with van der Waals surface area (Å²) >= 11 is 3.33. The van der Waals surface area contributed by atoms with Crippen molar-refractivity contribution in [3.05, 3.63) is 46.8 Å². The number of hydrogen-bond acceptors (Lipinski definition) is 4. The third-order valence-corrected chi connectivity index (χ3v) is 2.88. The summed E-state index contributed by atoms with van der Waals surface area (Å²) in [4.78, 5) is 19.8. The first kappa shape index (κ1) is 12.5. The topological polar surface area (TPSA) is 64.1 Å². The van der Waals surface area contributed by atoms with E-state index < -0.39 is 0 Å². The number of halogens is 1. The summed E-state index contributed by atoms with van der Waals surface area (Å²) in [6.07, 6.45) is 4.53. The molecule has 0 saturated heterocycles. The summed E-state index contributed by atoms with van der Waals surface area (Å²) in [6.45, 7) is 0. The van der Waals surface area contributed by atoms with Gasteiger partial charge < -0.3 is 10.1 Å². The van der Waals surface area contributed by atoms with E-state index in [0.717, 1.165) is 0 Å². The second-order valence-electron chi connectivity index (χ2n) is 3.39. The van der Waals surface area contributed by atoms with E-state index >= 15 is 0 Å². The lowest BCUT2D eigenvalue weighted by Gasteiger charge is -2.07. The van der Waals surface area contributed by atoms with Crippen LogP contribution in [0.25, 0.3) is 0 Å². The van der Waals surface area contributed by atoms with Crippen LogP contribution in [0.4, 0.5) is 5.82 Å². The summed E-state index contributed by atoms with van der Waals surface area (Å²) in [5.41, 5.74) is 0.501. The Kier molecular flexibility index (Phi) is 3.88. The van der Waals surface area contributed by atoms with Crippen LogP contribution in [0.15, 0.2) is 41.3 Å². The second kappa shape index (κ2) is 5.59. The van der Waals surface area contributed by atoms with E-state index in [0.29, 0.717) is 21.6 Å². The molecule has 0 atom stereocenters. The molecule has 1 N–H and O–H groups in total. The first-order chi connectivity index (χ1) is 8.70. The second-order valence-corrected chi connectivity index (χ2v) is 4.24. The van der Waals surface area contributed by atoms with Crippen LogP contribution in [-0.4, -0.2) is 23.0 Å². The van der Waals surface area contributed by atoms with Crippen LogP contribution in [0.2, 0.25) is 0 Å². The van der Waals surface area contributed by atoms with Crippen molar-refractivity contribution in [2.24, 2.45) is 0 Å². The normalized spacial score (nSPS) is 9.89. The molecular formula is C12H10BrN3O2. The lowest BCUT2D eigenvalue weighted by Crippen LogP contribution is -2.13. The number of carbonyl (C=O) groups is 1. The Morgan fingerprint density at radius 3 is 2.83 bits per heavy atom. The van der Waals surface area contributed by atoms with Crippen LogP contribution in [0.3, 0.4) is 0 Å². The third-order valence-electron chi connectivity index (χ3n) is 2.23. The molecule has 1 amide bonds. The molecule has 1 heterocycles. The molecule has 0 fully saturated rings. The molecule has 0 aliphatic heterocycles. The van der Waals surface area contributed by atoms with Gasteiger partial charge in [0, 0.05) is 16.9 Å². The third kappa shape index (κ3) is 2.84.